The van der Waals surface area contributed by atoms with Crippen molar-refractivity contribution in [1.82, 2.24) is 0 Å². The van der Waals surface area contributed by atoms with Crippen molar-refractivity contribution in [2.24, 2.45) is 5.73 Å². The maximum absolute atomic E-state index is 12.2. The number of hydrogen-bond donors (Lipinski definition) is 2. The van der Waals surface area contributed by atoms with Crippen molar-refractivity contribution < 1.29 is 19.1 Å². The summed E-state index contributed by atoms with van der Waals surface area (Å²) in [5.74, 6) is -1.76. The summed E-state index contributed by atoms with van der Waals surface area (Å²) in [5, 5.41) is 3.57. The third kappa shape index (κ3) is 4.79. The molecule has 2 aromatic rings. The Kier molecular flexibility index (Phi) is 6.49. The Balaban J connectivity index is 1.59. The Labute approximate surface area is 171 Å². The van der Waals surface area contributed by atoms with Crippen LogP contribution in [0.1, 0.15) is 39.2 Å². The molecule has 1 aliphatic rings. The molecule has 28 heavy (non-hydrogen) atoms. The van der Waals surface area contributed by atoms with E-state index in [9.17, 15) is 14.4 Å². The van der Waals surface area contributed by atoms with Gasteiger partial charge >= 0.3 is 5.97 Å². The molecule has 0 spiro atoms. The molecule has 0 saturated heterocycles. The lowest BCUT2D eigenvalue weighted by Gasteiger charge is -2.11. The maximum Gasteiger partial charge on any atom is 0.331 e. The van der Waals surface area contributed by atoms with E-state index in [-0.39, 0.29) is 0 Å². The van der Waals surface area contributed by atoms with Gasteiger partial charge in [-0.05, 0) is 49.0 Å². The van der Waals surface area contributed by atoms with Gasteiger partial charge in [-0.3, -0.25) is 9.59 Å². The number of thiophene rings is 1. The molecular weight excluding hydrogens is 400 g/mol. The Bertz CT molecular complexity index is 952. The molecular formula is C20H19ClN2O4S. The number of fused-ring (bicyclic) bond motifs is 1. The fourth-order valence-electron chi connectivity index (χ4n) is 3.03. The van der Waals surface area contributed by atoms with Crippen LogP contribution in [-0.2, 0) is 27.2 Å². The fraction of sp³-hybridized carbons (Fsp3) is 0.250. The van der Waals surface area contributed by atoms with Gasteiger partial charge in [0.15, 0.2) is 6.61 Å². The quantitative estimate of drug-likeness (QED) is 0.553. The van der Waals surface area contributed by atoms with Gasteiger partial charge < -0.3 is 15.8 Å². The van der Waals surface area contributed by atoms with E-state index >= 15 is 0 Å². The van der Waals surface area contributed by atoms with E-state index < -0.39 is 24.4 Å². The molecule has 0 atom stereocenters. The average Bonchev–Trinajstić information content (AvgIpc) is 3.03. The standard InChI is InChI=1S/C20H19ClN2O4S/c21-14-7-3-1-5-12(14)9-10-17(25)27-11-16(24)23-20-18(19(22)26)13-6-2-4-8-15(13)28-20/h1,3,5,7,9-10H,2,4,6,8,11H2,(H2,22,26)(H,23,24)/b10-9+. The highest BCUT2D eigenvalue weighted by Gasteiger charge is 2.25. The van der Waals surface area contributed by atoms with Crippen molar-refractivity contribution in [3.63, 3.8) is 0 Å². The lowest BCUT2D eigenvalue weighted by molar-refractivity contribution is -0.142. The van der Waals surface area contributed by atoms with E-state index in [1.54, 1.807) is 24.3 Å². The molecule has 0 saturated carbocycles. The van der Waals surface area contributed by atoms with Gasteiger partial charge in [-0.1, -0.05) is 29.8 Å². The van der Waals surface area contributed by atoms with Crippen molar-refractivity contribution in [3.05, 3.63) is 56.9 Å². The van der Waals surface area contributed by atoms with E-state index in [0.717, 1.165) is 36.1 Å². The summed E-state index contributed by atoms with van der Waals surface area (Å²) in [7, 11) is 0. The number of hydrogen-bond acceptors (Lipinski definition) is 5. The first-order valence-corrected chi connectivity index (χ1v) is 9.98. The van der Waals surface area contributed by atoms with E-state index in [0.29, 0.717) is 21.2 Å². The Hall–Kier alpha value is -2.64. The van der Waals surface area contributed by atoms with Crippen molar-refractivity contribution in [1.29, 1.82) is 0 Å². The number of benzene rings is 1. The van der Waals surface area contributed by atoms with E-state index in [1.165, 1.54) is 23.5 Å². The van der Waals surface area contributed by atoms with Gasteiger partial charge in [0, 0.05) is 16.0 Å². The summed E-state index contributed by atoms with van der Waals surface area (Å²) in [4.78, 5) is 36.9. The first-order valence-electron chi connectivity index (χ1n) is 8.79. The van der Waals surface area contributed by atoms with Gasteiger partial charge in [0.05, 0.1) is 5.56 Å². The second-order valence-corrected chi connectivity index (χ2v) is 7.80. The molecule has 0 bridgehead atoms. The molecule has 1 aromatic carbocycles. The largest absolute Gasteiger partial charge is 0.452 e. The number of carbonyl (C=O) groups excluding carboxylic acids is 3. The third-order valence-corrected chi connectivity index (χ3v) is 5.87. The first-order chi connectivity index (χ1) is 13.5. The van der Waals surface area contributed by atoms with Crippen LogP contribution in [0.15, 0.2) is 30.3 Å². The zero-order valence-electron chi connectivity index (χ0n) is 15.0. The Morgan fingerprint density at radius 3 is 2.71 bits per heavy atom. The SMILES string of the molecule is NC(=O)c1c(NC(=O)COC(=O)/C=C/c2ccccc2Cl)sc2c1CCCC2. The Morgan fingerprint density at radius 1 is 1.21 bits per heavy atom. The third-order valence-electron chi connectivity index (χ3n) is 4.32. The molecule has 2 amide bonds. The van der Waals surface area contributed by atoms with Gasteiger partial charge in [-0.25, -0.2) is 4.79 Å². The second-order valence-electron chi connectivity index (χ2n) is 6.29. The van der Waals surface area contributed by atoms with Crippen LogP contribution < -0.4 is 11.1 Å². The van der Waals surface area contributed by atoms with Crippen LogP contribution in [0.2, 0.25) is 5.02 Å². The minimum Gasteiger partial charge on any atom is -0.452 e. The van der Waals surface area contributed by atoms with Gasteiger partial charge in [-0.2, -0.15) is 0 Å². The number of anilines is 1. The number of esters is 1. The molecule has 6 nitrogen and oxygen atoms in total. The normalized spacial score (nSPS) is 13.2. The van der Waals surface area contributed by atoms with Crippen LogP contribution in [0.25, 0.3) is 6.08 Å². The lowest BCUT2D eigenvalue weighted by atomic mass is 9.95. The molecule has 0 aliphatic heterocycles. The molecule has 1 aromatic heterocycles. The molecule has 3 N–H and O–H groups in total. The summed E-state index contributed by atoms with van der Waals surface area (Å²) in [6.45, 7) is -0.466. The second kappa shape index (κ2) is 9.03. The average molecular weight is 419 g/mol. The number of halogens is 1. The number of rotatable bonds is 6. The van der Waals surface area contributed by atoms with Crippen molar-refractivity contribution >= 4 is 51.8 Å². The molecule has 0 fully saturated rings. The highest BCUT2D eigenvalue weighted by Crippen LogP contribution is 2.37. The number of ether oxygens (including phenoxy) is 1. The van der Waals surface area contributed by atoms with Gasteiger partial charge in [0.25, 0.3) is 11.8 Å². The topological polar surface area (TPSA) is 98.5 Å². The van der Waals surface area contributed by atoms with E-state index in [2.05, 4.69) is 5.32 Å². The summed E-state index contributed by atoms with van der Waals surface area (Å²) < 4.78 is 4.95. The number of primary amides is 1. The molecule has 1 heterocycles. The number of nitrogens with one attached hydrogen (secondary N) is 1. The molecule has 0 radical (unpaired) electrons. The van der Waals surface area contributed by atoms with Crippen LogP contribution in [0.5, 0.6) is 0 Å². The van der Waals surface area contributed by atoms with Crippen molar-refractivity contribution in [3.8, 4) is 0 Å². The predicted molar refractivity (Wildman–Crippen MR) is 110 cm³/mol. The summed E-state index contributed by atoms with van der Waals surface area (Å²) in [6, 6.07) is 7.03. The van der Waals surface area contributed by atoms with Crippen molar-refractivity contribution in [2.45, 2.75) is 25.7 Å². The highest BCUT2D eigenvalue weighted by molar-refractivity contribution is 7.17. The molecule has 8 heteroatoms. The van der Waals surface area contributed by atoms with Crippen LogP contribution in [-0.4, -0.2) is 24.4 Å². The summed E-state index contributed by atoms with van der Waals surface area (Å²) in [5.41, 5.74) is 7.47. The highest BCUT2D eigenvalue weighted by atomic mass is 35.5. The molecule has 0 unspecified atom stereocenters. The summed E-state index contributed by atoms with van der Waals surface area (Å²) >= 11 is 7.36. The van der Waals surface area contributed by atoms with Gasteiger partial charge in [0.1, 0.15) is 5.00 Å². The van der Waals surface area contributed by atoms with Gasteiger partial charge in [0.2, 0.25) is 0 Å². The molecule has 146 valence electrons. The monoisotopic (exact) mass is 418 g/mol. The van der Waals surface area contributed by atoms with Crippen LogP contribution in [0.4, 0.5) is 5.00 Å². The zero-order chi connectivity index (χ0) is 20.1. The predicted octanol–water partition coefficient (Wildman–Crippen LogP) is 3.57. The van der Waals surface area contributed by atoms with E-state index in [4.69, 9.17) is 22.1 Å². The number of aryl methyl sites for hydroxylation is 1. The van der Waals surface area contributed by atoms with Crippen LogP contribution in [0, 0.1) is 0 Å². The van der Waals surface area contributed by atoms with Gasteiger partial charge in [-0.15, -0.1) is 11.3 Å². The number of carbonyl (C=O) groups is 3. The van der Waals surface area contributed by atoms with E-state index in [1.807, 2.05) is 0 Å². The van der Waals surface area contributed by atoms with Crippen molar-refractivity contribution in [2.75, 3.05) is 11.9 Å². The maximum atomic E-state index is 12.2. The fourth-order valence-corrected chi connectivity index (χ4v) is 4.54. The number of amides is 2. The zero-order valence-corrected chi connectivity index (χ0v) is 16.6. The van der Waals surface area contributed by atoms with Crippen LogP contribution >= 0.6 is 22.9 Å². The minimum atomic E-state index is -0.671. The lowest BCUT2D eigenvalue weighted by Crippen LogP contribution is -2.22. The first kappa shape index (κ1) is 20.1. The number of nitrogens with two attached hydrogens (primary N) is 1. The molecule has 1 aliphatic carbocycles. The van der Waals surface area contributed by atoms with Crippen LogP contribution in [0.3, 0.4) is 0 Å². The Morgan fingerprint density at radius 2 is 1.96 bits per heavy atom. The summed E-state index contributed by atoms with van der Waals surface area (Å²) in [6.07, 6.45) is 6.41. The molecule has 3 rings (SSSR count). The minimum absolute atomic E-state index is 0.373. The smallest absolute Gasteiger partial charge is 0.331 e.